The molecule has 0 saturated carbocycles. The molecular formula is C7H16N2. The zero-order valence-electron chi connectivity index (χ0n) is 6.28. The van der Waals surface area contributed by atoms with Gasteiger partial charge >= 0.3 is 0 Å². The molecule has 0 aromatic carbocycles. The summed E-state index contributed by atoms with van der Waals surface area (Å²) in [5.41, 5.74) is 6.08. The van der Waals surface area contributed by atoms with Crippen molar-refractivity contribution in [2.45, 2.75) is 38.3 Å². The minimum atomic E-state index is 0.0966. The maximum atomic E-state index is 5.99. The largest absolute Gasteiger partial charge is 0.324 e. The molecule has 1 aliphatic rings. The smallest absolute Gasteiger partial charge is 0.0293 e. The van der Waals surface area contributed by atoms with Crippen molar-refractivity contribution in [2.75, 3.05) is 6.54 Å². The first kappa shape index (κ1) is 7.03. The van der Waals surface area contributed by atoms with Crippen LogP contribution in [0.15, 0.2) is 0 Å². The van der Waals surface area contributed by atoms with Gasteiger partial charge in [0, 0.05) is 18.1 Å². The van der Waals surface area contributed by atoms with E-state index in [4.69, 9.17) is 5.73 Å². The van der Waals surface area contributed by atoms with Crippen LogP contribution in [0.1, 0.15) is 26.7 Å². The first-order valence-corrected chi connectivity index (χ1v) is 3.68. The van der Waals surface area contributed by atoms with Crippen LogP contribution in [0.4, 0.5) is 0 Å². The Bertz CT molecular complexity index is 103. The van der Waals surface area contributed by atoms with Gasteiger partial charge in [0.05, 0.1) is 0 Å². The van der Waals surface area contributed by atoms with Gasteiger partial charge in [-0.3, -0.25) is 0 Å². The van der Waals surface area contributed by atoms with E-state index in [-0.39, 0.29) is 5.54 Å². The molecule has 1 saturated heterocycles. The Labute approximate surface area is 56.8 Å². The Kier molecular flexibility index (Phi) is 1.78. The molecule has 3 N–H and O–H groups in total. The second kappa shape index (κ2) is 2.27. The third kappa shape index (κ3) is 1.43. The predicted molar refractivity (Wildman–Crippen MR) is 39.3 cm³/mol. The zero-order valence-corrected chi connectivity index (χ0v) is 6.28. The van der Waals surface area contributed by atoms with Crippen LogP contribution in [0.5, 0.6) is 0 Å². The summed E-state index contributed by atoms with van der Waals surface area (Å²) in [5, 5.41) is 3.34. The van der Waals surface area contributed by atoms with Crippen LogP contribution >= 0.6 is 0 Å². The highest BCUT2D eigenvalue weighted by atomic mass is 15.0. The van der Waals surface area contributed by atoms with Gasteiger partial charge < -0.3 is 11.1 Å². The third-order valence-electron chi connectivity index (χ3n) is 2.22. The van der Waals surface area contributed by atoms with Gasteiger partial charge in [-0.15, -0.1) is 0 Å². The number of hydrogen-bond acceptors (Lipinski definition) is 2. The molecule has 1 aliphatic heterocycles. The average Bonchev–Trinajstić information content (AvgIpc) is 2.13. The van der Waals surface area contributed by atoms with E-state index in [1.54, 1.807) is 0 Å². The topological polar surface area (TPSA) is 38.0 Å². The Morgan fingerprint density at radius 2 is 2.44 bits per heavy atom. The highest BCUT2D eigenvalue weighted by Gasteiger charge is 2.30. The molecule has 0 amide bonds. The molecule has 0 aromatic rings. The summed E-state index contributed by atoms with van der Waals surface area (Å²) in [5.74, 6) is 0. The molecule has 2 atom stereocenters. The van der Waals surface area contributed by atoms with Crippen molar-refractivity contribution in [3.63, 3.8) is 0 Å². The van der Waals surface area contributed by atoms with Crippen LogP contribution in [0.2, 0.25) is 0 Å². The van der Waals surface area contributed by atoms with Gasteiger partial charge in [0.25, 0.3) is 0 Å². The lowest BCUT2D eigenvalue weighted by Gasteiger charge is -2.19. The molecule has 1 rings (SSSR count). The summed E-state index contributed by atoms with van der Waals surface area (Å²) in [6.45, 7) is 5.33. The highest BCUT2D eigenvalue weighted by Crippen LogP contribution is 2.18. The Balaban J connectivity index is 2.45. The monoisotopic (exact) mass is 128 g/mol. The van der Waals surface area contributed by atoms with Gasteiger partial charge in [-0.25, -0.2) is 0 Å². The first-order chi connectivity index (χ1) is 4.16. The van der Waals surface area contributed by atoms with Gasteiger partial charge in [0.2, 0.25) is 0 Å². The van der Waals surface area contributed by atoms with Gasteiger partial charge in [-0.1, -0.05) is 6.92 Å². The summed E-state index contributed by atoms with van der Waals surface area (Å²) >= 11 is 0. The molecule has 2 unspecified atom stereocenters. The molecule has 2 nitrogen and oxygen atoms in total. The van der Waals surface area contributed by atoms with Crippen molar-refractivity contribution in [1.29, 1.82) is 0 Å². The molecule has 9 heavy (non-hydrogen) atoms. The van der Waals surface area contributed by atoms with E-state index in [1.165, 1.54) is 0 Å². The van der Waals surface area contributed by atoms with E-state index in [0.717, 1.165) is 19.4 Å². The highest BCUT2D eigenvalue weighted by molar-refractivity contribution is 4.95. The van der Waals surface area contributed by atoms with Crippen LogP contribution in [-0.2, 0) is 0 Å². The standard InChI is InChI=1S/C7H16N2/c1-3-7(8)4-6(2)9-5-7/h6,9H,3-5,8H2,1-2H3. The van der Waals surface area contributed by atoms with E-state index in [2.05, 4.69) is 19.2 Å². The van der Waals surface area contributed by atoms with Crippen molar-refractivity contribution in [3.05, 3.63) is 0 Å². The SMILES string of the molecule is CCC1(N)CNC(C)C1. The maximum Gasteiger partial charge on any atom is 0.0293 e. The minimum Gasteiger partial charge on any atom is -0.324 e. The quantitative estimate of drug-likeness (QED) is 0.539. The van der Waals surface area contributed by atoms with Gasteiger partial charge in [0.1, 0.15) is 0 Å². The van der Waals surface area contributed by atoms with Crippen LogP contribution in [0.3, 0.4) is 0 Å². The van der Waals surface area contributed by atoms with Crippen molar-refractivity contribution in [1.82, 2.24) is 5.32 Å². The second-order valence-electron chi connectivity index (χ2n) is 3.20. The first-order valence-electron chi connectivity index (χ1n) is 3.68. The summed E-state index contributed by atoms with van der Waals surface area (Å²) in [6, 6.07) is 0.620. The molecule has 0 spiro atoms. The number of hydrogen-bond donors (Lipinski definition) is 2. The lowest BCUT2D eigenvalue weighted by Crippen LogP contribution is -2.40. The van der Waals surface area contributed by atoms with E-state index in [1.807, 2.05) is 0 Å². The summed E-state index contributed by atoms with van der Waals surface area (Å²) < 4.78 is 0. The predicted octanol–water partition coefficient (Wildman–Crippen LogP) is 0.476. The molecule has 1 heterocycles. The fourth-order valence-electron chi connectivity index (χ4n) is 1.40. The summed E-state index contributed by atoms with van der Waals surface area (Å²) in [4.78, 5) is 0. The summed E-state index contributed by atoms with van der Waals surface area (Å²) in [7, 11) is 0. The lowest BCUT2D eigenvalue weighted by molar-refractivity contribution is 0.444. The Morgan fingerprint density at radius 1 is 1.78 bits per heavy atom. The molecule has 54 valence electrons. The van der Waals surface area contributed by atoms with Crippen LogP contribution in [0, 0.1) is 0 Å². The van der Waals surface area contributed by atoms with Crippen molar-refractivity contribution in [2.24, 2.45) is 5.73 Å². The maximum absolute atomic E-state index is 5.99. The van der Waals surface area contributed by atoms with E-state index >= 15 is 0 Å². The lowest BCUT2D eigenvalue weighted by atomic mass is 9.95. The Morgan fingerprint density at radius 3 is 2.67 bits per heavy atom. The van der Waals surface area contributed by atoms with Crippen LogP contribution in [0.25, 0.3) is 0 Å². The van der Waals surface area contributed by atoms with Crippen molar-refractivity contribution in [3.8, 4) is 0 Å². The van der Waals surface area contributed by atoms with E-state index in [0.29, 0.717) is 6.04 Å². The van der Waals surface area contributed by atoms with Crippen LogP contribution in [-0.4, -0.2) is 18.1 Å². The van der Waals surface area contributed by atoms with Gasteiger partial charge in [-0.2, -0.15) is 0 Å². The average molecular weight is 128 g/mol. The van der Waals surface area contributed by atoms with Crippen LogP contribution < -0.4 is 11.1 Å². The fraction of sp³-hybridized carbons (Fsp3) is 1.00. The normalized spacial score (nSPS) is 43.7. The molecule has 1 fully saturated rings. The second-order valence-corrected chi connectivity index (χ2v) is 3.20. The fourth-order valence-corrected chi connectivity index (χ4v) is 1.40. The van der Waals surface area contributed by atoms with E-state index in [9.17, 15) is 0 Å². The summed E-state index contributed by atoms with van der Waals surface area (Å²) in [6.07, 6.45) is 2.22. The van der Waals surface area contributed by atoms with E-state index < -0.39 is 0 Å². The van der Waals surface area contributed by atoms with Gasteiger partial charge in [-0.05, 0) is 19.8 Å². The van der Waals surface area contributed by atoms with Crippen molar-refractivity contribution < 1.29 is 0 Å². The molecule has 0 radical (unpaired) electrons. The molecule has 0 aliphatic carbocycles. The number of rotatable bonds is 1. The number of nitrogens with one attached hydrogen (secondary N) is 1. The van der Waals surface area contributed by atoms with Gasteiger partial charge in [0.15, 0.2) is 0 Å². The molecule has 0 bridgehead atoms. The minimum absolute atomic E-state index is 0.0966. The molecule has 2 heteroatoms. The molecule has 0 aromatic heterocycles. The number of nitrogens with two attached hydrogens (primary N) is 1. The zero-order chi connectivity index (χ0) is 6.91. The third-order valence-corrected chi connectivity index (χ3v) is 2.22. The van der Waals surface area contributed by atoms with Crippen molar-refractivity contribution >= 4 is 0 Å². The molecular weight excluding hydrogens is 112 g/mol. The Hall–Kier alpha value is -0.0800.